The summed E-state index contributed by atoms with van der Waals surface area (Å²) in [6.45, 7) is 0.0892. The Hall–Kier alpha value is -1.35. The maximum atomic E-state index is 11.0. The summed E-state index contributed by atoms with van der Waals surface area (Å²) in [5, 5.41) is 6.88. The summed E-state index contributed by atoms with van der Waals surface area (Å²) in [5.74, 6) is -0.0184. The molecule has 0 atom stereocenters. The summed E-state index contributed by atoms with van der Waals surface area (Å²) < 4.78 is 29.9. The first-order valence-corrected chi connectivity index (χ1v) is 5.54. The van der Waals surface area contributed by atoms with E-state index in [1.165, 1.54) is 0 Å². The van der Waals surface area contributed by atoms with Gasteiger partial charge in [0, 0.05) is 13.0 Å². The summed E-state index contributed by atoms with van der Waals surface area (Å²) in [6.07, 6.45) is -0.382. The van der Waals surface area contributed by atoms with Crippen molar-refractivity contribution in [3.8, 4) is 0 Å². The predicted octanol–water partition coefficient (Wildman–Crippen LogP) is -1.11. The maximum Gasteiger partial charge on any atom is 0.421 e. The van der Waals surface area contributed by atoms with E-state index in [9.17, 15) is 13.2 Å². The van der Waals surface area contributed by atoms with Crippen LogP contribution in [0, 0.1) is 5.41 Å². The summed E-state index contributed by atoms with van der Waals surface area (Å²) in [5.41, 5.74) is 5.06. The molecule has 0 aromatic heterocycles. The smallest absolute Gasteiger partial charge is 0.421 e. The third-order valence-corrected chi connectivity index (χ3v) is 2.34. The van der Waals surface area contributed by atoms with Crippen LogP contribution in [0.1, 0.15) is 12.8 Å². The molecular weight excluding hydrogens is 224 g/mol. The van der Waals surface area contributed by atoms with Crippen LogP contribution in [0.2, 0.25) is 0 Å². The fourth-order valence-electron chi connectivity index (χ4n) is 0.673. The molecule has 0 spiro atoms. The number of amides is 1. The number of carbonyl (C=O) groups excluding carboxylic acids is 1. The standard InChI is InChI=1S/C6H14N4O4S/c1-14-6(11)10-15(12,13)9-4-2-3-5(7)8/h9H,2-4H2,1H3,(H3,7,8)(H,10,11). The highest BCUT2D eigenvalue weighted by Crippen LogP contribution is 1.87. The number of amidine groups is 1. The van der Waals surface area contributed by atoms with Crippen molar-refractivity contribution in [3.05, 3.63) is 0 Å². The van der Waals surface area contributed by atoms with Crippen LogP contribution in [0.25, 0.3) is 0 Å². The first kappa shape index (κ1) is 13.7. The van der Waals surface area contributed by atoms with E-state index in [4.69, 9.17) is 11.1 Å². The number of rotatable bonds is 6. The third kappa shape index (κ3) is 7.70. The van der Waals surface area contributed by atoms with Crippen LogP contribution >= 0.6 is 0 Å². The molecule has 0 saturated heterocycles. The molecule has 0 aliphatic carbocycles. The van der Waals surface area contributed by atoms with Crippen molar-refractivity contribution >= 4 is 22.1 Å². The molecule has 0 saturated carbocycles. The van der Waals surface area contributed by atoms with E-state index in [2.05, 4.69) is 9.46 Å². The molecule has 0 bridgehead atoms. The quantitative estimate of drug-likeness (QED) is 0.264. The van der Waals surface area contributed by atoms with E-state index in [0.717, 1.165) is 7.11 Å². The lowest BCUT2D eigenvalue weighted by Gasteiger charge is -2.06. The average molecular weight is 238 g/mol. The Morgan fingerprint density at radius 3 is 2.60 bits per heavy atom. The molecular formula is C6H14N4O4S. The number of hydrogen-bond acceptors (Lipinski definition) is 5. The normalized spacial score (nSPS) is 10.7. The summed E-state index contributed by atoms with van der Waals surface area (Å²) in [4.78, 5) is 10.6. The molecule has 0 aromatic rings. The molecule has 8 nitrogen and oxygen atoms in total. The van der Waals surface area contributed by atoms with Crippen LogP contribution in [0.3, 0.4) is 0 Å². The molecule has 0 aliphatic heterocycles. The Balaban J connectivity index is 3.85. The third-order valence-electron chi connectivity index (χ3n) is 1.32. The molecule has 5 N–H and O–H groups in total. The first-order valence-electron chi connectivity index (χ1n) is 4.05. The molecule has 9 heteroatoms. The minimum absolute atomic E-state index is 0.0184. The predicted molar refractivity (Wildman–Crippen MR) is 53.6 cm³/mol. The molecule has 0 rings (SSSR count). The van der Waals surface area contributed by atoms with Crippen molar-refractivity contribution in [2.24, 2.45) is 5.73 Å². The topological polar surface area (TPSA) is 134 Å². The Kier molecular flexibility index (Phi) is 5.64. The molecule has 0 fully saturated rings. The number of carbonyl (C=O) groups is 1. The van der Waals surface area contributed by atoms with Gasteiger partial charge in [-0.25, -0.2) is 9.52 Å². The van der Waals surface area contributed by atoms with Crippen molar-refractivity contribution in [2.75, 3.05) is 13.7 Å². The van der Waals surface area contributed by atoms with Gasteiger partial charge in [-0.1, -0.05) is 0 Å². The molecule has 88 valence electrons. The monoisotopic (exact) mass is 238 g/mol. The Labute approximate surface area is 87.9 Å². The Morgan fingerprint density at radius 1 is 1.53 bits per heavy atom. The van der Waals surface area contributed by atoms with Gasteiger partial charge in [0.15, 0.2) is 0 Å². The fraction of sp³-hybridized carbons (Fsp3) is 0.667. The van der Waals surface area contributed by atoms with E-state index in [0.29, 0.717) is 12.8 Å². The number of methoxy groups -OCH3 is 1. The van der Waals surface area contributed by atoms with Crippen LogP contribution < -0.4 is 15.2 Å². The number of nitrogens with two attached hydrogens (primary N) is 1. The lowest BCUT2D eigenvalue weighted by Crippen LogP contribution is -2.40. The van der Waals surface area contributed by atoms with Crippen molar-refractivity contribution in [3.63, 3.8) is 0 Å². The van der Waals surface area contributed by atoms with Gasteiger partial charge in [-0.15, -0.1) is 0 Å². The van der Waals surface area contributed by atoms with Crippen LogP contribution in [-0.4, -0.2) is 34.0 Å². The zero-order chi connectivity index (χ0) is 11.9. The highest BCUT2D eigenvalue weighted by molar-refractivity contribution is 7.88. The second kappa shape index (κ2) is 6.19. The van der Waals surface area contributed by atoms with Crippen molar-refractivity contribution in [2.45, 2.75) is 12.8 Å². The van der Waals surface area contributed by atoms with Gasteiger partial charge in [0.1, 0.15) is 0 Å². The van der Waals surface area contributed by atoms with E-state index in [1.54, 1.807) is 4.72 Å². The SMILES string of the molecule is COC(=O)NS(=O)(=O)NCCCC(=N)N. The molecule has 0 aliphatic rings. The summed E-state index contributed by atoms with van der Waals surface area (Å²) in [7, 11) is -2.82. The van der Waals surface area contributed by atoms with Crippen LogP contribution in [-0.2, 0) is 14.9 Å². The van der Waals surface area contributed by atoms with E-state index in [1.807, 2.05) is 0 Å². The van der Waals surface area contributed by atoms with Crippen LogP contribution in [0.15, 0.2) is 0 Å². The summed E-state index contributed by atoms with van der Waals surface area (Å²) in [6, 6.07) is 0. The van der Waals surface area contributed by atoms with Gasteiger partial charge in [-0.2, -0.15) is 13.1 Å². The second-order valence-electron chi connectivity index (χ2n) is 2.62. The fourth-order valence-corrected chi connectivity index (χ4v) is 1.46. The minimum atomic E-state index is -3.88. The van der Waals surface area contributed by atoms with Crippen LogP contribution in [0.5, 0.6) is 0 Å². The van der Waals surface area contributed by atoms with Gasteiger partial charge in [0.2, 0.25) is 0 Å². The number of ether oxygens (including phenoxy) is 1. The largest absolute Gasteiger partial charge is 0.452 e. The van der Waals surface area contributed by atoms with Gasteiger partial charge in [0.05, 0.1) is 12.9 Å². The molecule has 1 amide bonds. The Morgan fingerprint density at radius 2 is 2.13 bits per heavy atom. The number of hydrogen-bond donors (Lipinski definition) is 4. The lowest BCUT2D eigenvalue weighted by molar-refractivity contribution is 0.177. The minimum Gasteiger partial charge on any atom is -0.452 e. The van der Waals surface area contributed by atoms with Gasteiger partial charge in [-0.3, -0.25) is 5.41 Å². The zero-order valence-corrected chi connectivity index (χ0v) is 9.06. The van der Waals surface area contributed by atoms with Crippen molar-refractivity contribution in [1.82, 2.24) is 9.44 Å². The second-order valence-corrected chi connectivity index (χ2v) is 4.12. The molecule has 0 heterocycles. The van der Waals surface area contributed by atoms with Gasteiger partial charge in [-0.05, 0) is 6.42 Å². The van der Waals surface area contributed by atoms with E-state index >= 15 is 0 Å². The summed E-state index contributed by atoms with van der Waals surface area (Å²) >= 11 is 0. The molecule has 0 aromatic carbocycles. The van der Waals surface area contributed by atoms with Gasteiger partial charge >= 0.3 is 16.3 Å². The first-order chi connectivity index (χ1) is 6.87. The average Bonchev–Trinajstić information content (AvgIpc) is 2.11. The van der Waals surface area contributed by atoms with Crippen LogP contribution in [0.4, 0.5) is 4.79 Å². The molecule has 0 radical (unpaired) electrons. The van der Waals surface area contributed by atoms with E-state index < -0.39 is 16.3 Å². The highest BCUT2D eigenvalue weighted by Gasteiger charge is 2.12. The van der Waals surface area contributed by atoms with E-state index in [-0.39, 0.29) is 12.4 Å². The maximum absolute atomic E-state index is 11.0. The van der Waals surface area contributed by atoms with Crippen molar-refractivity contribution < 1.29 is 17.9 Å². The van der Waals surface area contributed by atoms with Gasteiger partial charge in [0.25, 0.3) is 0 Å². The Bertz CT molecular complexity index is 326. The molecule has 0 unspecified atom stereocenters. The highest BCUT2D eigenvalue weighted by atomic mass is 32.2. The van der Waals surface area contributed by atoms with Crippen molar-refractivity contribution in [1.29, 1.82) is 5.41 Å². The number of nitrogens with one attached hydrogen (secondary N) is 3. The molecule has 15 heavy (non-hydrogen) atoms. The van der Waals surface area contributed by atoms with Gasteiger partial charge < -0.3 is 10.5 Å². The lowest BCUT2D eigenvalue weighted by atomic mass is 10.3. The zero-order valence-electron chi connectivity index (χ0n) is 8.24.